The Bertz CT molecular complexity index is 864. The molecule has 0 saturated heterocycles. The van der Waals surface area contributed by atoms with Crippen LogP contribution in [-0.4, -0.2) is 46.0 Å². The normalized spacial score (nSPS) is 11.7. The number of halogens is 1. The summed E-state index contributed by atoms with van der Waals surface area (Å²) in [4.78, 5) is 12.0. The van der Waals surface area contributed by atoms with E-state index >= 15 is 0 Å². The molecule has 0 aliphatic rings. The Morgan fingerprint density at radius 1 is 1.36 bits per heavy atom. The van der Waals surface area contributed by atoms with Crippen LogP contribution in [0.15, 0.2) is 18.2 Å². The maximum Gasteiger partial charge on any atom is 0.225 e. The van der Waals surface area contributed by atoms with Crippen LogP contribution >= 0.6 is 0 Å². The number of aromatic nitrogens is 4. The largest absolute Gasteiger partial charge is 0.324 e. The van der Waals surface area contributed by atoms with E-state index in [0.717, 1.165) is 0 Å². The molecule has 0 bridgehead atoms. The lowest BCUT2D eigenvalue weighted by Crippen LogP contribution is -2.21. The summed E-state index contributed by atoms with van der Waals surface area (Å²) in [6.07, 6.45) is -0.234. The molecule has 136 valence electrons. The molecule has 2 aromatic rings. The van der Waals surface area contributed by atoms with Gasteiger partial charge in [-0.2, -0.15) is 4.68 Å². The molecule has 0 aliphatic carbocycles. The van der Waals surface area contributed by atoms with E-state index < -0.39 is 21.6 Å². The van der Waals surface area contributed by atoms with Crippen molar-refractivity contribution in [2.24, 2.45) is 5.92 Å². The van der Waals surface area contributed by atoms with Crippen LogP contribution in [0.5, 0.6) is 0 Å². The highest BCUT2D eigenvalue weighted by Gasteiger charge is 2.17. The molecule has 1 amide bonds. The molecule has 1 aromatic heterocycles. The molecule has 0 aliphatic heterocycles. The third-order valence-electron chi connectivity index (χ3n) is 3.32. The Kier molecular flexibility index (Phi) is 5.83. The van der Waals surface area contributed by atoms with E-state index in [-0.39, 0.29) is 29.5 Å². The van der Waals surface area contributed by atoms with Gasteiger partial charge in [0.2, 0.25) is 5.91 Å². The maximum atomic E-state index is 13.9. The lowest BCUT2D eigenvalue weighted by atomic mass is 10.2. The van der Waals surface area contributed by atoms with Crippen molar-refractivity contribution in [1.29, 1.82) is 0 Å². The first-order valence-electron chi connectivity index (χ1n) is 7.73. The molecular weight excluding hydrogens is 349 g/mol. The fourth-order valence-corrected chi connectivity index (χ4v) is 3.94. The van der Waals surface area contributed by atoms with Crippen LogP contribution in [0.2, 0.25) is 0 Å². The molecule has 10 heteroatoms. The van der Waals surface area contributed by atoms with E-state index in [1.54, 1.807) is 20.8 Å². The van der Waals surface area contributed by atoms with Gasteiger partial charge in [-0.3, -0.25) is 4.79 Å². The first-order valence-corrected chi connectivity index (χ1v) is 9.55. The van der Waals surface area contributed by atoms with Gasteiger partial charge in [-0.25, -0.2) is 12.8 Å². The van der Waals surface area contributed by atoms with Crippen LogP contribution in [0.1, 0.15) is 26.1 Å². The number of hydrogen-bond acceptors (Lipinski definition) is 6. The predicted octanol–water partition coefficient (Wildman–Crippen LogP) is 1.51. The minimum atomic E-state index is -3.31. The number of rotatable bonds is 7. The van der Waals surface area contributed by atoms with Gasteiger partial charge in [-0.05, 0) is 41.5 Å². The summed E-state index contributed by atoms with van der Waals surface area (Å²) in [5.41, 5.74) is 0.422. The second-order valence-corrected chi connectivity index (χ2v) is 8.34. The number of aryl methyl sites for hydroxylation is 1. The van der Waals surface area contributed by atoms with Crippen LogP contribution in [0.4, 0.5) is 10.1 Å². The third-order valence-corrected chi connectivity index (χ3v) is 5.32. The van der Waals surface area contributed by atoms with Crippen molar-refractivity contribution >= 4 is 21.4 Å². The zero-order chi connectivity index (χ0) is 18.6. The number of sulfone groups is 1. The molecule has 25 heavy (non-hydrogen) atoms. The van der Waals surface area contributed by atoms with E-state index in [1.165, 1.54) is 22.9 Å². The highest BCUT2D eigenvalue weighted by atomic mass is 32.2. The number of benzene rings is 1. The summed E-state index contributed by atoms with van der Waals surface area (Å²) < 4.78 is 39.0. The van der Waals surface area contributed by atoms with Crippen molar-refractivity contribution in [2.45, 2.75) is 27.2 Å². The smallest absolute Gasteiger partial charge is 0.225 e. The minimum Gasteiger partial charge on any atom is -0.324 e. The molecule has 0 unspecified atom stereocenters. The van der Waals surface area contributed by atoms with Crippen LogP contribution in [0, 0.1) is 18.7 Å². The molecule has 1 N–H and O–H groups in total. The lowest BCUT2D eigenvalue weighted by molar-refractivity contribution is -0.115. The molecule has 8 nitrogen and oxygen atoms in total. The number of nitrogens with one attached hydrogen (secondary N) is 1. The maximum absolute atomic E-state index is 13.9. The highest BCUT2D eigenvalue weighted by Crippen LogP contribution is 2.19. The second kappa shape index (κ2) is 7.68. The number of carbonyl (C=O) groups excluding carboxylic acids is 1. The van der Waals surface area contributed by atoms with E-state index in [1.807, 2.05) is 0 Å². The van der Waals surface area contributed by atoms with Crippen molar-refractivity contribution in [1.82, 2.24) is 20.2 Å². The van der Waals surface area contributed by atoms with Gasteiger partial charge in [0.25, 0.3) is 0 Å². The number of anilines is 1. The van der Waals surface area contributed by atoms with Gasteiger partial charge in [0.05, 0.1) is 22.9 Å². The standard InChI is InChI=1S/C15H20FN5O3S/c1-10(2)9-25(23,24)7-6-15(22)17-14-8-12(4-5-13(14)16)21-11(3)18-19-20-21/h4-5,8,10H,6-7,9H2,1-3H3,(H,17,22). The molecule has 1 heterocycles. The average molecular weight is 369 g/mol. The second-order valence-electron chi connectivity index (χ2n) is 6.11. The van der Waals surface area contributed by atoms with Gasteiger partial charge in [0, 0.05) is 6.42 Å². The zero-order valence-corrected chi connectivity index (χ0v) is 15.0. The fourth-order valence-electron chi connectivity index (χ4n) is 2.26. The Morgan fingerprint density at radius 3 is 2.68 bits per heavy atom. The summed E-state index contributed by atoms with van der Waals surface area (Å²) in [5.74, 6) is -0.970. The van der Waals surface area contributed by atoms with Crippen LogP contribution < -0.4 is 5.32 Å². The van der Waals surface area contributed by atoms with E-state index in [4.69, 9.17) is 0 Å². The number of tetrazole rings is 1. The average Bonchev–Trinajstić information content (AvgIpc) is 2.92. The van der Waals surface area contributed by atoms with E-state index in [9.17, 15) is 17.6 Å². The van der Waals surface area contributed by atoms with Crippen LogP contribution in [0.3, 0.4) is 0 Å². The molecule has 0 radical (unpaired) electrons. The molecular formula is C15H20FN5O3S. The molecule has 1 aromatic carbocycles. The van der Waals surface area contributed by atoms with Gasteiger partial charge >= 0.3 is 0 Å². The molecule has 0 atom stereocenters. The third kappa shape index (κ3) is 5.31. The molecule has 0 saturated carbocycles. The minimum absolute atomic E-state index is 0.0123. The quantitative estimate of drug-likeness (QED) is 0.793. The van der Waals surface area contributed by atoms with Gasteiger partial charge in [-0.1, -0.05) is 13.8 Å². The molecule has 2 rings (SSSR count). The first-order chi connectivity index (χ1) is 11.7. The fraction of sp³-hybridized carbons (Fsp3) is 0.467. The van der Waals surface area contributed by atoms with Gasteiger partial charge in [-0.15, -0.1) is 5.10 Å². The first kappa shape index (κ1) is 19.0. The number of nitrogens with zero attached hydrogens (tertiary/aromatic N) is 4. The Hall–Kier alpha value is -2.36. The van der Waals surface area contributed by atoms with Crippen LogP contribution in [-0.2, 0) is 14.6 Å². The molecule has 0 fully saturated rings. The lowest BCUT2D eigenvalue weighted by Gasteiger charge is -2.10. The zero-order valence-electron chi connectivity index (χ0n) is 14.2. The van der Waals surface area contributed by atoms with Crippen molar-refractivity contribution in [3.63, 3.8) is 0 Å². The summed E-state index contributed by atoms with van der Waals surface area (Å²) in [6, 6.07) is 4.04. The topological polar surface area (TPSA) is 107 Å². The SMILES string of the molecule is Cc1nnnn1-c1ccc(F)c(NC(=O)CCS(=O)(=O)CC(C)C)c1. The van der Waals surface area contributed by atoms with Crippen molar-refractivity contribution in [2.75, 3.05) is 16.8 Å². The van der Waals surface area contributed by atoms with Crippen LogP contribution in [0.25, 0.3) is 5.69 Å². The van der Waals surface area contributed by atoms with Crippen molar-refractivity contribution in [3.8, 4) is 5.69 Å². The summed E-state index contributed by atoms with van der Waals surface area (Å²) >= 11 is 0. The van der Waals surface area contributed by atoms with Gasteiger partial charge in [0.1, 0.15) is 5.82 Å². The van der Waals surface area contributed by atoms with Gasteiger partial charge < -0.3 is 5.32 Å². The Morgan fingerprint density at radius 2 is 2.08 bits per heavy atom. The summed E-state index contributed by atoms with van der Waals surface area (Å²) in [7, 11) is -3.31. The number of hydrogen-bond donors (Lipinski definition) is 1. The van der Waals surface area contributed by atoms with Crippen molar-refractivity contribution in [3.05, 3.63) is 29.8 Å². The highest BCUT2D eigenvalue weighted by molar-refractivity contribution is 7.91. The Balaban J connectivity index is 2.07. The summed E-state index contributed by atoms with van der Waals surface area (Å²) in [5, 5.41) is 13.4. The number of carbonyl (C=O) groups is 1. The Labute approximate surface area is 145 Å². The number of amides is 1. The monoisotopic (exact) mass is 369 g/mol. The predicted molar refractivity (Wildman–Crippen MR) is 90.6 cm³/mol. The van der Waals surface area contributed by atoms with E-state index in [2.05, 4.69) is 20.8 Å². The molecule has 0 spiro atoms. The van der Waals surface area contributed by atoms with Gasteiger partial charge in [0.15, 0.2) is 15.7 Å². The summed E-state index contributed by atoms with van der Waals surface area (Å²) in [6.45, 7) is 5.26. The van der Waals surface area contributed by atoms with Crippen molar-refractivity contribution < 1.29 is 17.6 Å². The van der Waals surface area contributed by atoms with E-state index in [0.29, 0.717) is 11.5 Å².